The molecule has 1 fully saturated rings. The molecule has 1 aliphatic heterocycles. The average molecular weight is 224 g/mol. The summed E-state index contributed by atoms with van der Waals surface area (Å²) in [6, 6.07) is -1.27. The van der Waals surface area contributed by atoms with Crippen molar-refractivity contribution in [3.63, 3.8) is 0 Å². The fraction of sp³-hybridized carbons (Fsp3) is 0.636. The maximum Gasteiger partial charge on any atom is 0.327 e. The van der Waals surface area contributed by atoms with Gasteiger partial charge in [-0.05, 0) is 19.4 Å². The molecule has 0 bridgehead atoms. The van der Waals surface area contributed by atoms with Crippen LogP contribution in [0.5, 0.6) is 0 Å². The van der Waals surface area contributed by atoms with Gasteiger partial charge in [-0.15, -0.1) is 12.3 Å². The van der Waals surface area contributed by atoms with Crippen molar-refractivity contribution in [1.82, 2.24) is 10.6 Å². The molecule has 0 aromatic heterocycles. The summed E-state index contributed by atoms with van der Waals surface area (Å²) in [5.74, 6) is 0.871. The first-order chi connectivity index (χ1) is 7.65. The third kappa shape index (κ3) is 3.55. The van der Waals surface area contributed by atoms with E-state index in [9.17, 15) is 9.59 Å². The number of terminal acetylenes is 1. The Hall–Kier alpha value is -1.54. The summed E-state index contributed by atoms with van der Waals surface area (Å²) in [4.78, 5) is 22.5. The van der Waals surface area contributed by atoms with Crippen molar-refractivity contribution in [2.24, 2.45) is 0 Å². The fourth-order valence-electron chi connectivity index (χ4n) is 1.67. The van der Waals surface area contributed by atoms with Crippen molar-refractivity contribution in [2.75, 3.05) is 6.54 Å². The van der Waals surface area contributed by atoms with E-state index in [4.69, 9.17) is 11.5 Å². The zero-order valence-electron chi connectivity index (χ0n) is 9.03. The van der Waals surface area contributed by atoms with E-state index in [1.54, 1.807) is 0 Å². The molecule has 88 valence electrons. The minimum absolute atomic E-state index is 0.00773. The molecule has 0 spiro atoms. The summed E-state index contributed by atoms with van der Waals surface area (Å²) >= 11 is 0. The molecule has 3 N–H and O–H groups in total. The number of aliphatic carboxylic acids is 1. The molecular weight excluding hydrogens is 208 g/mol. The standard InChI is InChI=1S/C11H16N2O3/c1-2-5-9(11(15)16)13-10(14)8-6-3-4-7-12-8/h1,8-9,12H,3-7H2,(H,13,14)(H,15,16)/t8-,9?/m0/s1. The van der Waals surface area contributed by atoms with Crippen LogP contribution in [0.15, 0.2) is 0 Å². The molecule has 5 heteroatoms. The Morgan fingerprint density at radius 2 is 2.31 bits per heavy atom. The summed E-state index contributed by atoms with van der Waals surface area (Å²) in [5.41, 5.74) is 0. The maximum absolute atomic E-state index is 11.7. The van der Waals surface area contributed by atoms with Crippen molar-refractivity contribution >= 4 is 11.9 Å². The normalized spacial score (nSPS) is 21.8. The molecule has 0 saturated carbocycles. The molecule has 0 aliphatic carbocycles. The number of hydrogen-bond donors (Lipinski definition) is 3. The number of carboxylic acid groups (broad SMARTS) is 1. The van der Waals surface area contributed by atoms with Gasteiger partial charge >= 0.3 is 5.97 Å². The summed E-state index contributed by atoms with van der Waals surface area (Å²) in [7, 11) is 0. The second-order valence-electron chi connectivity index (χ2n) is 3.81. The number of nitrogens with one attached hydrogen (secondary N) is 2. The molecule has 1 aliphatic rings. The Morgan fingerprint density at radius 3 is 2.81 bits per heavy atom. The van der Waals surface area contributed by atoms with Crippen molar-refractivity contribution in [2.45, 2.75) is 37.8 Å². The highest BCUT2D eigenvalue weighted by Crippen LogP contribution is 2.07. The number of rotatable bonds is 4. The highest BCUT2D eigenvalue weighted by molar-refractivity contribution is 5.87. The van der Waals surface area contributed by atoms with Crippen LogP contribution in [0.1, 0.15) is 25.7 Å². The molecule has 0 radical (unpaired) electrons. The molecule has 5 nitrogen and oxygen atoms in total. The van der Waals surface area contributed by atoms with Crippen LogP contribution in [0, 0.1) is 12.3 Å². The van der Waals surface area contributed by atoms with Gasteiger partial charge in [0.1, 0.15) is 6.04 Å². The lowest BCUT2D eigenvalue weighted by Crippen LogP contribution is -2.51. The van der Waals surface area contributed by atoms with E-state index < -0.39 is 12.0 Å². The lowest BCUT2D eigenvalue weighted by molar-refractivity contribution is -0.142. The van der Waals surface area contributed by atoms with Crippen molar-refractivity contribution in [3.8, 4) is 12.3 Å². The number of carboxylic acids is 1. The summed E-state index contributed by atoms with van der Waals surface area (Å²) < 4.78 is 0. The van der Waals surface area contributed by atoms with Gasteiger partial charge in [0.25, 0.3) is 0 Å². The minimum Gasteiger partial charge on any atom is -0.480 e. The van der Waals surface area contributed by atoms with Crippen LogP contribution >= 0.6 is 0 Å². The predicted octanol–water partition coefficient (Wildman–Crippen LogP) is -0.279. The van der Waals surface area contributed by atoms with E-state index in [1.807, 2.05) is 0 Å². The Morgan fingerprint density at radius 1 is 1.56 bits per heavy atom. The quantitative estimate of drug-likeness (QED) is 0.574. The lowest BCUT2D eigenvalue weighted by atomic mass is 10.0. The van der Waals surface area contributed by atoms with Crippen molar-refractivity contribution in [1.29, 1.82) is 0 Å². The molecule has 1 amide bonds. The predicted molar refractivity (Wildman–Crippen MR) is 58.7 cm³/mol. The maximum atomic E-state index is 11.7. The molecule has 1 saturated heterocycles. The molecule has 1 rings (SSSR count). The van der Waals surface area contributed by atoms with Gasteiger partial charge < -0.3 is 15.7 Å². The number of piperidine rings is 1. The number of hydrogen-bond acceptors (Lipinski definition) is 3. The van der Waals surface area contributed by atoms with E-state index in [-0.39, 0.29) is 18.4 Å². The molecule has 0 aromatic rings. The van der Waals surface area contributed by atoms with Gasteiger partial charge in [-0.1, -0.05) is 6.42 Å². The molecule has 1 heterocycles. The minimum atomic E-state index is -1.10. The highest BCUT2D eigenvalue weighted by atomic mass is 16.4. The van der Waals surface area contributed by atoms with Gasteiger partial charge in [0.15, 0.2) is 0 Å². The Labute approximate surface area is 94.6 Å². The molecule has 16 heavy (non-hydrogen) atoms. The summed E-state index contributed by atoms with van der Waals surface area (Å²) in [6.45, 7) is 0.797. The van der Waals surface area contributed by atoms with Gasteiger partial charge in [0.2, 0.25) is 5.91 Å². The van der Waals surface area contributed by atoms with Crippen LogP contribution in [0.25, 0.3) is 0 Å². The number of carbonyl (C=O) groups is 2. The lowest BCUT2D eigenvalue weighted by Gasteiger charge is -2.24. The van der Waals surface area contributed by atoms with E-state index in [0.717, 1.165) is 25.8 Å². The van der Waals surface area contributed by atoms with Crippen molar-refractivity contribution < 1.29 is 14.7 Å². The topological polar surface area (TPSA) is 78.4 Å². The molecular formula is C11H16N2O3. The van der Waals surface area contributed by atoms with Gasteiger partial charge in [0, 0.05) is 6.42 Å². The fourth-order valence-corrected chi connectivity index (χ4v) is 1.67. The molecule has 0 aromatic carbocycles. The Kier molecular flexibility index (Phi) is 4.80. The zero-order chi connectivity index (χ0) is 12.0. The van der Waals surface area contributed by atoms with E-state index >= 15 is 0 Å². The Bertz CT molecular complexity index is 303. The van der Waals surface area contributed by atoms with Gasteiger partial charge in [-0.3, -0.25) is 4.79 Å². The van der Waals surface area contributed by atoms with Gasteiger partial charge in [-0.25, -0.2) is 4.79 Å². The largest absolute Gasteiger partial charge is 0.480 e. The first kappa shape index (κ1) is 12.5. The van der Waals surface area contributed by atoms with E-state index in [0.29, 0.717) is 0 Å². The third-order valence-corrected chi connectivity index (χ3v) is 2.56. The molecule has 1 unspecified atom stereocenters. The second-order valence-corrected chi connectivity index (χ2v) is 3.81. The molecule has 2 atom stereocenters. The van der Waals surface area contributed by atoms with Crippen LogP contribution in [0.4, 0.5) is 0 Å². The summed E-state index contributed by atoms with van der Waals surface area (Å²) in [6.07, 6.45) is 7.83. The van der Waals surface area contributed by atoms with Crippen molar-refractivity contribution in [3.05, 3.63) is 0 Å². The van der Waals surface area contributed by atoms with E-state index in [2.05, 4.69) is 16.6 Å². The van der Waals surface area contributed by atoms with Crippen LogP contribution < -0.4 is 10.6 Å². The highest BCUT2D eigenvalue weighted by Gasteiger charge is 2.25. The number of carbonyl (C=O) groups excluding carboxylic acids is 1. The number of amides is 1. The van der Waals surface area contributed by atoms with Crippen LogP contribution in [-0.2, 0) is 9.59 Å². The average Bonchev–Trinajstić information content (AvgIpc) is 2.29. The van der Waals surface area contributed by atoms with E-state index in [1.165, 1.54) is 0 Å². The summed E-state index contributed by atoms with van der Waals surface area (Å²) in [5, 5.41) is 14.3. The van der Waals surface area contributed by atoms with Gasteiger partial charge in [0.05, 0.1) is 6.04 Å². The second kappa shape index (κ2) is 6.13. The van der Waals surface area contributed by atoms with Crippen LogP contribution in [0.2, 0.25) is 0 Å². The Balaban J connectivity index is 2.47. The first-order valence-electron chi connectivity index (χ1n) is 5.35. The van der Waals surface area contributed by atoms with Crippen LogP contribution in [0.3, 0.4) is 0 Å². The van der Waals surface area contributed by atoms with Gasteiger partial charge in [-0.2, -0.15) is 0 Å². The monoisotopic (exact) mass is 224 g/mol. The third-order valence-electron chi connectivity index (χ3n) is 2.56. The van der Waals surface area contributed by atoms with Crippen LogP contribution in [-0.4, -0.2) is 35.6 Å². The SMILES string of the molecule is C#CCC(NC(=O)[C@@H]1CCCCN1)C(=O)O. The zero-order valence-corrected chi connectivity index (χ0v) is 9.03. The smallest absolute Gasteiger partial charge is 0.327 e. The first-order valence-corrected chi connectivity index (χ1v) is 5.35.